The van der Waals surface area contributed by atoms with Crippen LogP contribution in [-0.4, -0.2) is 69.7 Å². The van der Waals surface area contributed by atoms with Gasteiger partial charge in [0.05, 0.1) is 30.2 Å². The van der Waals surface area contributed by atoms with Gasteiger partial charge in [0.15, 0.2) is 17.0 Å². The number of carbonyl (C=O) groups excluding carboxylic acids is 1. The number of aliphatic hydroxyl groups excluding tert-OH is 2. The van der Waals surface area contributed by atoms with Crippen LogP contribution >= 0.6 is 12.4 Å². The van der Waals surface area contributed by atoms with E-state index in [1.165, 1.54) is 17.1 Å². The highest BCUT2D eigenvalue weighted by atomic mass is 35.5. The fraction of sp³-hybridized carbons (Fsp3) is 0.526. The smallest absolute Gasteiger partial charge is 0.254 e. The van der Waals surface area contributed by atoms with E-state index in [2.05, 4.69) is 25.4 Å². The third kappa shape index (κ3) is 3.79. The van der Waals surface area contributed by atoms with E-state index in [1.54, 1.807) is 10.9 Å². The maximum absolute atomic E-state index is 11.5. The number of nitrogens with two attached hydrogens (primary N) is 2. The molecular weight excluding hydrogens is 438 g/mol. The zero-order chi connectivity index (χ0) is 21.7. The van der Waals surface area contributed by atoms with Gasteiger partial charge in [-0.1, -0.05) is 12.8 Å². The van der Waals surface area contributed by atoms with Gasteiger partial charge in [0.2, 0.25) is 0 Å². The van der Waals surface area contributed by atoms with Crippen molar-refractivity contribution in [2.24, 2.45) is 11.5 Å². The largest absolute Gasteiger partial charge is 0.389 e. The minimum absolute atomic E-state index is 0. The van der Waals surface area contributed by atoms with Crippen LogP contribution in [0, 0.1) is 0 Å². The first-order valence-corrected chi connectivity index (χ1v) is 10.4. The molecule has 2 aliphatic rings. The van der Waals surface area contributed by atoms with Crippen LogP contribution in [0.25, 0.3) is 17.1 Å². The van der Waals surface area contributed by atoms with Gasteiger partial charge in [-0.2, -0.15) is 15.1 Å². The number of aliphatic hydroxyl groups is 2. The van der Waals surface area contributed by atoms with E-state index in [1.807, 2.05) is 0 Å². The molecule has 3 aromatic heterocycles. The summed E-state index contributed by atoms with van der Waals surface area (Å²) in [5.41, 5.74) is 12.6. The van der Waals surface area contributed by atoms with Gasteiger partial charge >= 0.3 is 0 Å². The lowest BCUT2D eigenvalue weighted by atomic mass is 10.2. The van der Waals surface area contributed by atoms with E-state index in [4.69, 9.17) is 11.5 Å². The molecule has 2 fully saturated rings. The highest BCUT2D eigenvalue weighted by molar-refractivity contribution is 5.92. The van der Waals surface area contributed by atoms with Crippen LogP contribution in [0.1, 0.15) is 48.5 Å². The molecule has 3 aromatic rings. The van der Waals surface area contributed by atoms with Crippen LogP contribution in [0.4, 0.5) is 5.82 Å². The van der Waals surface area contributed by atoms with Crippen molar-refractivity contribution in [1.82, 2.24) is 29.3 Å². The fourth-order valence-corrected chi connectivity index (χ4v) is 4.49. The number of nitrogens with zero attached hydrogens (tertiary/aromatic N) is 6. The lowest BCUT2D eigenvalue weighted by molar-refractivity contribution is 0.0187. The number of imidazole rings is 1. The molecule has 1 amide bonds. The number of aromatic nitrogens is 6. The van der Waals surface area contributed by atoms with Gasteiger partial charge in [-0.25, -0.2) is 9.67 Å². The number of anilines is 1. The Bertz CT molecular complexity index is 1130. The molecule has 7 N–H and O–H groups in total. The number of primary amides is 1. The SMILES string of the molecule is Cl.NC(=O)c1cnn(-c2nc(NC3CCCC3)c3ncn([C@@H]4C[C@H](N)[C@@H](O)[C@H]4O)c3n2)c1. The summed E-state index contributed by atoms with van der Waals surface area (Å²) >= 11 is 0. The molecule has 0 unspecified atom stereocenters. The Kier molecular flexibility index (Phi) is 6.03. The summed E-state index contributed by atoms with van der Waals surface area (Å²) in [6.45, 7) is 0. The van der Waals surface area contributed by atoms with Gasteiger partial charge in [-0.15, -0.1) is 12.4 Å². The molecule has 0 bridgehead atoms. The normalized spacial score (nSPS) is 25.8. The Morgan fingerprint density at radius 1 is 1.19 bits per heavy atom. The van der Waals surface area contributed by atoms with Gasteiger partial charge in [0, 0.05) is 18.3 Å². The maximum Gasteiger partial charge on any atom is 0.254 e. The molecule has 5 rings (SSSR count). The molecule has 0 saturated heterocycles. The average Bonchev–Trinajstić information content (AvgIpc) is 3.53. The topological polar surface area (TPSA) is 183 Å². The number of rotatable bonds is 5. The Balaban J connectivity index is 0.00000245. The number of carbonyl (C=O) groups is 1. The van der Waals surface area contributed by atoms with Crippen molar-refractivity contribution >= 4 is 35.3 Å². The van der Waals surface area contributed by atoms with Crippen molar-refractivity contribution in [3.8, 4) is 5.95 Å². The number of hydrogen-bond acceptors (Lipinski definition) is 9. The highest BCUT2D eigenvalue weighted by Gasteiger charge is 2.41. The monoisotopic (exact) mass is 463 g/mol. The zero-order valence-electron chi connectivity index (χ0n) is 17.2. The molecule has 12 nitrogen and oxygen atoms in total. The van der Waals surface area contributed by atoms with E-state index in [0.717, 1.165) is 25.7 Å². The van der Waals surface area contributed by atoms with Gasteiger partial charge < -0.3 is 31.6 Å². The van der Waals surface area contributed by atoms with Crippen LogP contribution in [0.5, 0.6) is 0 Å². The van der Waals surface area contributed by atoms with E-state index < -0.39 is 30.2 Å². The number of halogens is 1. The predicted octanol–water partition coefficient (Wildman–Crippen LogP) is -0.119. The van der Waals surface area contributed by atoms with Crippen LogP contribution < -0.4 is 16.8 Å². The highest BCUT2D eigenvalue weighted by Crippen LogP contribution is 2.34. The molecule has 32 heavy (non-hydrogen) atoms. The Morgan fingerprint density at radius 2 is 1.94 bits per heavy atom. The van der Waals surface area contributed by atoms with E-state index in [0.29, 0.717) is 23.4 Å². The lowest BCUT2D eigenvalue weighted by Crippen LogP contribution is -2.35. The van der Waals surface area contributed by atoms with Crippen molar-refractivity contribution in [3.05, 3.63) is 24.3 Å². The molecule has 3 heterocycles. The second kappa shape index (κ2) is 8.62. The van der Waals surface area contributed by atoms with E-state index in [9.17, 15) is 15.0 Å². The van der Waals surface area contributed by atoms with Gasteiger partial charge in [-0.05, 0) is 19.3 Å². The molecule has 13 heteroatoms. The molecule has 2 saturated carbocycles. The molecule has 0 aliphatic heterocycles. The van der Waals surface area contributed by atoms with Crippen LogP contribution in [0.2, 0.25) is 0 Å². The number of nitrogens with one attached hydrogen (secondary N) is 1. The lowest BCUT2D eigenvalue weighted by Gasteiger charge is -2.19. The first kappa shape index (κ1) is 22.4. The van der Waals surface area contributed by atoms with Crippen molar-refractivity contribution in [3.63, 3.8) is 0 Å². The second-order valence-electron chi connectivity index (χ2n) is 8.31. The molecule has 0 aromatic carbocycles. The Hall–Kier alpha value is -2.80. The van der Waals surface area contributed by atoms with Gasteiger partial charge in [-0.3, -0.25) is 4.79 Å². The quantitative estimate of drug-likeness (QED) is 0.344. The zero-order valence-corrected chi connectivity index (χ0v) is 18.0. The van der Waals surface area contributed by atoms with Gasteiger partial charge in [0.25, 0.3) is 11.9 Å². The van der Waals surface area contributed by atoms with Crippen molar-refractivity contribution in [1.29, 1.82) is 0 Å². The Morgan fingerprint density at radius 3 is 2.56 bits per heavy atom. The van der Waals surface area contributed by atoms with E-state index >= 15 is 0 Å². The first-order valence-electron chi connectivity index (χ1n) is 10.4. The molecular formula is C19H26ClN9O3. The van der Waals surface area contributed by atoms with E-state index in [-0.39, 0.29) is 30.0 Å². The van der Waals surface area contributed by atoms with Crippen LogP contribution in [0.3, 0.4) is 0 Å². The van der Waals surface area contributed by atoms with Crippen LogP contribution in [0.15, 0.2) is 18.7 Å². The molecule has 4 atom stereocenters. The minimum Gasteiger partial charge on any atom is -0.389 e. The standard InChI is InChI=1S/C19H25N9O3.ClH/c20-11-5-12(15(30)14(11)29)27-8-22-13-17(24-10-3-1-2-4-10)25-19(26-18(13)27)28-7-9(6-23-28)16(21)31;/h6-8,10-12,14-15,29-30H,1-5,20H2,(H2,21,31)(H,24,25,26);1H/t11-,12+,14+,15-;/m0./s1. The predicted molar refractivity (Wildman–Crippen MR) is 118 cm³/mol. The summed E-state index contributed by atoms with van der Waals surface area (Å²) < 4.78 is 3.10. The van der Waals surface area contributed by atoms with Crippen molar-refractivity contribution in [2.75, 3.05) is 5.32 Å². The summed E-state index contributed by atoms with van der Waals surface area (Å²) in [5.74, 6) is 0.192. The van der Waals surface area contributed by atoms with Gasteiger partial charge in [0.1, 0.15) is 6.10 Å². The Labute approximate surface area is 189 Å². The van der Waals surface area contributed by atoms with Crippen molar-refractivity contribution in [2.45, 2.75) is 62.4 Å². The molecule has 2 aliphatic carbocycles. The number of amides is 1. The minimum atomic E-state index is -1.04. The summed E-state index contributed by atoms with van der Waals surface area (Å²) in [6, 6.07) is -0.739. The summed E-state index contributed by atoms with van der Waals surface area (Å²) in [5, 5.41) is 28.3. The average molecular weight is 464 g/mol. The summed E-state index contributed by atoms with van der Waals surface area (Å²) in [6.07, 6.45) is 7.10. The summed E-state index contributed by atoms with van der Waals surface area (Å²) in [4.78, 5) is 25.2. The van der Waals surface area contributed by atoms with Crippen molar-refractivity contribution < 1.29 is 15.0 Å². The molecule has 172 valence electrons. The maximum atomic E-state index is 11.5. The molecule has 0 radical (unpaired) electrons. The fourth-order valence-electron chi connectivity index (χ4n) is 4.49. The summed E-state index contributed by atoms with van der Waals surface area (Å²) in [7, 11) is 0. The number of hydrogen-bond donors (Lipinski definition) is 5. The van der Waals surface area contributed by atoms with Crippen LogP contribution in [-0.2, 0) is 0 Å². The third-order valence-electron chi connectivity index (χ3n) is 6.23. The second-order valence-corrected chi connectivity index (χ2v) is 8.31. The first-order chi connectivity index (χ1) is 14.9. The number of fused-ring (bicyclic) bond motifs is 1. The third-order valence-corrected chi connectivity index (χ3v) is 6.23. The molecule has 0 spiro atoms.